The van der Waals surface area contributed by atoms with Gasteiger partial charge in [-0.05, 0) is 71.4 Å². The van der Waals surface area contributed by atoms with Gasteiger partial charge in [0.15, 0.2) is 12.4 Å². The van der Waals surface area contributed by atoms with Crippen molar-refractivity contribution in [2.24, 2.45) is 0 Å². The number of hydrogen-bond acceptors (Lipinski definition) is 5. The van der Waals surface area contributed by atoms with Gasteiger partial charge in [0.05, 0.1) is 11.1 Å². The fourth-order valence-corrected chi connectivity index (χ4v) is 2.93. The predicted molar refractivity (Wildman–Crippen MR) is 111 cm³/mol. The summed E-state index contributed by atoms with van der Waals surface area (Å²) in [5.41, 5.74) is 2.18. The Kier molecular flexibility index (Phi) is 6.57. The lowest BCUT2D eigenvalue weighted by Crippen LogP contribution is -2.14. The van der Waals surface area contributed by atoms with Crippen molar-refractivity contribution >= 4 is 33.7 Å². The first kappa shape index (κ1) is 20.5. The highest BCUT2D eigenvalue weighted by Crippen LogP contribution is 2.18. The van der Waals surface area contributed by atoms with Gasteiger partial charge >= 0.3 is 11.9 Å². The molecule has 0 spiro atoms. The molecule has 3 aromatic rings. The third-order valence-corrected chi connectivity index (χ3v) is 4.79. The van der Waals surface area contributed by atoms with Crippen molar-refractivity contribution in [2.45, 2.75) is 6.92 Å². The van der Waals surface area contributed by atoms with Gasteiger partial charge in [-0.15, -0.1) is 0 Å². The highest BCUT2D eigenvalue weighted by Gasteiger charge is 2.14. The van der Waals surface area contributed by atoms with E-state index in [2.05, 4.69) is 15.9 Å². The number of rotatable bonds is 6. The van der Waals surface area contributed by atoms with E-state index in [9.17, 15) is 14.4 Å². The van der Waals surface area contributed by atoms with Crippen LogP contribution in [-0.2, 0) is 4.74 Å². The maximum absolute atomic E-state index is 12.3. The van der Waals surface area contributed by atoms with Gasteiger partial charge < -0.3 is 9.47 Å². The van der Waals surface area contributed by atoms with Crippen LogP contribution in [0.3, 0.4) is 0 Å². The summed E-state index contributed by atoms with van der Waals surface area (Å²) in [7, 11) is 0. The molecule has 5 nitrogen and oxygen atoms in total. The molecular formula is C23H17BrO5. The number of ether oxygens (including phenoxy) is 2. The van der Waals surface area contributed by atoms with E-state index in [1.54, 1.807) is 36.4 Å². The quantitative estimate of drug-likeness (QED) is 0.298. The Labute approximate surface area is 176 Å². The second kappa shape index (κ2) is 9.30. The first-order valence-electron chi connectivity index (χ1n) is 8.78. The zero-order valence-corrected chi connectivity index (χ0v) is 17.1. The van der Waals surface area contributed by atoms with Crippen molar-refractivity contribution in [3.63, 3.8) is 0 Å². The number of aryl methyl sites for hydroxylation is 1. The molecule has 0 aromatic heterocycles. The minimum absolute atomic E-state index is 0.317. The molecule has 3 rings (SSSR count). The van der Waals surface area contributed by atoms with Crippen LogP contribution in [0.5, 0.6) is 5.75 Å². The Balaban J connectivity index is 1.57. The number of benzene rings is 3. The minimum Gasteiger partial charge on any atom is -0.454 e. The summed E-state index contributed by atoms with van der Waals surface area (Å²) in [5, 5.41) is 0. The van der Waals surface area contributed by atoms with E-state index in [-0.39, 0.29) is 12.4 Å². The van der Waals surface area contributed by atoms with Crippen molar-refractivity contribution in [1.82, 2.24) is 0 Å². The van der Waals surface area contributed by atoms with E-state index < -0.39 is 11.9 Å². The van der Waals surface area contributed by atoms with Crippen LogP contribution in [-0.4, -0.2) is 24.3 Å². The van der Waals surface area contributed by atoms with Crippen LogP contribution in [0.2, 0.25) is 0 Å². The van der Waals surface area contributed by atoms with E-state index in [1.807, 2.05) is 19.1 Å². The zero-order valence-electron chi connectivity index (χ0n) is 15.6. The number of Topliss-reactive ketones (excluding diaryl/α,β-unsaturated/α-hetero) is 1. The number of halogens is 1. The first-order valence-corrected chi connectivity index (χ1v) is 9.57. The predicted octanol–water partition coefficient (Wildman–Crippen LogP) is 5.02. The van der Waals surface area contributed by atoms with E-state index >= 15 is 0 Å². The molecule has 146 valence electrons. The minimum atomic E-state index is -0.588. The molecule has 6 heteroatoms. The van der Waals surface area contributed by atoms with Crippen molar-refractivity contribution in [3.05, 3.63) is 99.5 Å². The van der Waals surface area contributed by atoms with E-state index in [0.717, 1.165) is 5.56 Å². The maximum Gasteiger partial charge on any atom is 0.343 e. The Hall–Kier alpha value is -3.25. The van der Waals surface area contributed by atoms with Crippen LogP contribution < -0.4 is 4.74 Å². The topological polar surface area (TPSA) is 69.7 Å². The lowest BCUT2D eigenvalue weighted by atomic mass is 10.1. The van der Waals surface area contributed by atoms with Gasteiger partial charge in [-0.2, -0.15) is 0 Å². The molecule has 29 heavy (non-hydrogen) atoms. The van der Waals surface area contributed by atoms with E-state index in [0.29, 0.717) is 26.9 Å². The molecule has 0 aliphatic rings. The molecule has 0 saturated heterocycles. The second-order valence-corrected chi connectivity index (χ2v) is 7.11. The van der Waals surface area contributed by atoms with Crippen molar-refractivity contribution < 1.29 is 23.9 Å². The fraction of sp³-hybridized carbons (Fsp3) is 0.0870. The van der Waals surface area contributed by atoms with Gasteiger partial charge in [-0.3, -0.25) is 4.79 Å². The summed E-state index contributed by atoms with van der Waals surface area (Å²) in [6.07, 6.45) is 0. The summed E-state index contributed by atoms with van der Waals surface area (Å²) in [5.74, 6) is -1.11. The van der Waals surface area contributed by atoms with Crippen LogP contribution in [0.1, 0.15) is 36.6 Å². The molecular weight excluding hydrogens is 436 g/mol. The van der Waals surface area contributed by atoms with Crippen molar-refractivity contribution in [3.8, 4) is 5.75 Å². The monoisotopic (exact) mass is 452 g/mol. The fourth-order valence-electron chi connectivity index (χ4n) is 2.48. The average Bonchev–Trinajstić information content (AvgIpc) is 2.73. The molecule has 0 fully saturated rings. The van der Waals surface area contributed by atoms with E-state index in [1.165, 1.54) is 24.3 Å². The van der Waals surface area contributed by atoms with Crippen LogP contribution in [0.4, 0.5) is 0 Å². The molecule has 0 unspecified atom stereocenters. The lowest BCUT2D eigenvalue weighted by Gasteiger charge is -2.07. The molecule has 0 saturated carbocycles. The number of carbonyl (C=O) groups is 3. The zero-order chi connectivity index (χ0) is 20.8. The molecule has 0 aliphatic heterocycles. The van der Waals surface area contributed by atoms with Crippen molar-refractivity contribution in [1.29, 1.82) is 0 Å². The third-order valence-electron chi connectivity index (χ3n) is 4.10. The smallest absolute Gasteiger partial charge is 0.343 e. The number of esters is 2. The molecule has 0 radical (unpaired) electrons. The average molecular weight is 453 g/mol. The lowest BCUT2D eigenvalue weighted by molar-refractivity contribution is 0.0473. The van der Waals surface area contributed by atoms with Gasteiger partial charge in [-0.1, -0.05) is 29.8 Å². The third kappa shape index (κ3) is 5.39. The Morgan fingerprint density at radius 1 is 0.793 bits per heavy atom. The Morgan fingerprint density at radius 2 is 1.41 bits per heavy atom. The summed E-state index contributed by atoms with van der Waals surface area (Å²) in [6, 6.07) is 19.9. The second-order valence-electron chi connectivity index (χ2n) is 6.26. The van der Waals surface area contributed by atoms with Crippen LogP contribution in [0, 0.1) is 6.92 Å². The van der Waals surface area contributed by atoms with Gasteiger partial charge in [-0.25, -0.2) is 9.59 Å². The summed E-state index contributed by atoms with van der Waals surface area (Å²) in [6.45, 7) is 1.55. The van der Waals surface area contributed by atoms with Gasteiger partial charge in [0.1, 0.15) is 5.75 Å². The number of ketones is 1. The highest BCUT2D eigenvalue weighted by molar-refractivity contribution is 9.10. The Bertz CT molecular complexity index is 1040. The molecule has 0 heterocycles. The van der Waals surface area contributed by atoms with E-state index in [4.69, 9.17) is 9.47 Å². The highest BCUT2D eigenvalue weighted by atomic mass is 79.9. The van der Waals surface area contributed by atoms with Crippen LogP contribution >= 0.6 is 15.9 Å². The molecule has 0 N–H and O–H groups in total. The molecule has 0 aliphatic carbocycles. The standard InChI is InChI=1S/C23H17BrO5/c1-15-6-8-17(9-7-15)22(26)29-18-12-10-16(11-13-18)21(25)14-28-23(27)19-4-2-3-5-20(19)24/h2-13H,14H2,1H3. The normalized spacial score (nSPS) is 10.3. The van der Waals surface area contributed by atoms with Crippen LogP contribution in [0.15, 0.2) is 77.3 Å². The first-order chi connectivity index (χ1) is 13.9. The summed E-state index contributed by atoms with van der Waals surface area (Å²) in [4.78, 5) is 36.5. The molecule has 3 aromatic carbocycles. The number of hydrogen-bond donors (Lipinski definition) is 0. The Morgan fingerprint density at radius 3 is 2.07 bits per heavy atom. The summed E-state index contributed by atoms with van der Waals surface area (Å²) < 4.78 is 11.0. The maximum atomic E-state index is 12.3. The van der Waals surface area contributed by atoms with Gasteiger partial charge in [0.25, 0.3) is 0 Å². The van der Waals surface area contributed by atoms with Crippen molar-refractivity contribution in [2.75, 3.05) is 6.61 Å². The SMILES string of the molecule is Cc1ccc(C(=O)Oc2ccc(C(=O)COC(=O)c3ccccc3Br)cc2)cc1. The number of carbonyl (C=O) groups excluding carboxylic acids is 3. The van der Waals surface area contributed by atoms with Crippen LogP contribution in [0.25, 0.3) is 0 Å². The molecule has 0 bridgehead atoms. The molecule has 0 atom stereocenters. The largest absolute Gasteiger partial charge is 0.454 e. The molecule has 0 amide bonds. The van der Waals surface area contributed by atoms with Gasteiger partial charge in [0, 0.05) is 10.0 Å². The summed E-state index contributed by atoms with van der Waals surface area (Å²) >= 11 is 3.27. The van der Waals surface area contributed by atoms with Gasteiger partial charge in [0.2, 0.25) is 0 Å².